The van der Waals surface area contributed by atoms with E-state index in [-0.39, 0.29) is 12.4 Å². The van der Waals surface area contributed by atoms with E-state index in [1.807, 2.05) is 0 Å². The van der Waals surface area contributed by atoms with Crippen LogP contribution < -0.4 is 10.5 Å². The molecule has 10 heteroatoms. The first kappa shape index (κ1) is 18.5. The largest absolute Gasteiger partial charge is 0.504 e. The standard InChI is InChI=1S/C15H13F3N2O5/c16-15(17,18)9-2-4-13(11(6-9)20(23)24)25-14-3-1-8(5-12(14)22)10(19)7-21/h1-6,10,21-22H,7,19H2/t10-/m1/s1. The average Bonchev–Trinajstić information content (AvgIpc) is 2.55. The van der Waals surface area contributed by atoms with Crippen LogP contribution in [0.1, 0.15) is 17.2 Å². The van der Waals surface area contributed by atoms with Crippen LogP contribution in [0.2, 0.25) is 0 Å². The Labute approximate surface area is 139 Å². The number of rotatable bonds is 5. The minimum atomic E-state index is -4.74. The van der Waals surface area contributed by atoms with Crippen LogP contribution in [0, 0.1) is 10.1 Å². The summed E-state index contributed by atoms with van der Waals surface area (Å²) < 4.78 is 43.2. The molecule has 0 aromatic heterocycles. The molecule has 0 bridgehead atoms. The van der Waals surface area contributed by atoms with E-state index in [2.05, 4.69) is 0 Å². The number of phenolic OH excluding ortho intramolecular Hbond substituents is 1. The molecule has 0 fully saturated rings. The van der Waals surface area contributed by atoms with Crippen molar-refractivity contribution in [3.8, 4) is 17.2 Å². The van der Waals surface area contributed by atoms with Crippen molar-refractivity contribution in [3.63, 3.8) is 0 Å². The van der Waals surface area contributed by atoms with Crippen molar-refractivity contribution in [2.45, 2.75) is 12.2 Å². The van der Waals surface area contributed by atoms with Gasteiger partial charge in [0, 0.05) is 6.07 Å². The van der Waals surface area contributed by atoms with Crippen molar-refractivity contribution in [3.05, 3.63) is 57.6 Å². The van der Waals surface area contributed by atoms with E-state index in [9.17, 15) is 28.4 Å². The number of nitro benzene ring substituents is 1. The molecule has 7 nitrogen and oxygen atoms in total. The highest BCUT2D eigenvalue weighted by atomic mass is 19.4. The van der Waals surface area contributed by atoms with Crippen molar-refractivity contribution < 1.29 is 33.0 Å². The Morgan fingerprint density at radius 3 is 2.36 bits per heavy atom. The first-order chi connectivity index (χ1) is 11.6. The lowest BCUT2D eigenvalue weighted by atomic mass is 10.1. The quantitative estimate of drug-likeness (QED) is 0.558. The number of halogens is 3. The topological polar surface area (TPSA) is 119 Å². The summed E-state index contributed by atoms with van der Waals surface area (Å²) in [6, 6.07) is 4.87. The Kier molecular flexibility index (Phi) is 5.14. The fraction of sp³-hybridized carbons (Fsp3) is 0.200. The minimum absolute atomic E-state index is 0.211. The Hall–Kier alpha value is -2.85. The third-order valence-electron chi connectivity index (χ3n) is 3.31. The van der Waals surface area contributed by atoms with Gasteiger partial charge in [0.1, 0.15) is 0 Å². The number of ether oxygens (including phenoxy) is 1. The van der Waals surface area contributed by atoms with Crippen molar-refractivity contribution in [1.82, 2.24) is 0 Å². The van der Waals surface area contributed by atoms with E-state index in [1.165, 1.54) is 18.2 Å². The van der Waals surface area contributed by atoms with Crippen LogP contribution in [-0.2, 0) is 6.18 Å². The summed E-state index contributed by atoms with van der Waals surface area (Å²) in [5, 5.41) is 29.9. The molecule has 0 unspecified atom stereocenters. The number of alkyl halides is 3. The molecule has 0 spiro atoms. The van der Waals surface area contributed by atoms with Gasteiger partial charge >= 0.3 is 11.9 Å². The fourth-order valence-electron chi connectivity index (χ4n) is 2.00. The average molecular weight is 358 g/mol. The maximum absolute atomic E-state index is 12.7. The maximum atomic E-state index is 12.7. The molecule has 134 valence electrons. The van der Waals surface area contributed by atoms with Crippen molar-refractivity contribution >= 4 is 5.69 Å². The number of nitrogens with zero attached hydrogens (tertiary/aromatic N) is 1. The predicted octanol–water partition coefficient (Wildman–Crippen LogP) is 3.10. The molecule has 0 radical (unpaired) electrons. The van der Waals surface area contributed by atoms with Gasteiger partial charge in [-0.2, -0.15) is 13.2 Å². The van der Waals surface area contributed by atoms with Crippen molar-refractivity contribution in [2.75, 3.05) is 6.61 Å². The van der Waals surface area contributed by atoms with Crippen molar-refractivity contribution in [1.29, 1.82) is 0 Å². The molecule has 2 aromatic rings. The molecular formula is C15H13F3N2O5. The summed E-state index contributed by atoms with van der Waals surface area (Å²) in [5.41, 5.74) is 3.88. The van der Waals surface area contributed by atoms with Crippen LogP contribution in [0.3, 0.4) is 0 Å². The summed E-state index contributed by atoms with van der Waals surface area (Å²) in [7, 11) is 0. The second-order valence-electron chi connectivity index (χ2n) is 5.06. The second kappa shape index (κ2) is 6.95. The highest BCUT2D eigenvalue weighted by Gasteiger charge is 2.33. The lowest BCUT2D eigenvalue weighted by Crippen LogP contribution is -2.14. The number of benzene rings is 2. The molecule has 0 amide bonds. The smallest absolute Gasteiger partial charge is 0.416 e. The molecule has 1 atom stereocenters. The van der Waals surface area contributed by atoms with Gasteiger partial charge in [-0.15, -0.1) is 0 Å². The summed E-state index contributed by atoms with van der Waals surface area (Å²) >= 11 is 0. The zero-order chi connectivity index (χ0) is 18.8. The SMILES string of the molecule is N[C@H](CO)c1ccc(Oc2ccc(C(F)(F)F)cc2[N+](=O)[O-])c(O)c1. The third kappa shape index (κ3) is 4.17. The maximum Gasteiger partial charge on any atom is 0.416 e. The van der Waals surface area contributed by atoms with Gasteiger partial charge in [0.15, 0.2) is 11.5 Å². The molecule has 0 aliphatic carbocycles. The molecule has 0 aliphatic rings. The molecule has 4 N–H and O–H groups in total. The predicted molar refractivity (Wildman–Crippen MR) is 80.3 cm³/mol. The number of aliphatic hydroxyl groups is 1. The highest BCUT2D eigenvalue weighted by molar-refractivity contribution is 5.53. The number of aliphatic hydroxyl groups excluding tert-OH is 1. The fourth-order valence-corrected chi connectivity index (χ4v) is 2.00. The Morgan fingerprint density at radius 2 is 1.84 bits per heavy atom. The third-order valence-corrected chi connectivity index (χ3v) is 3.31. The minimum Gasteiger partial charge on any atom is -0.504 e. The Morgan fingerprint density at radius 1 is 1.20 bits per heavy atom. The van der Waals surface area contributed by atoms with E-state index in [0.29, 0.717) is 17.7 Å². The number of nitro groups is 1. The second-order valence-corrected chi connectivity index (χ2v) is 5.06. The van der Waals surface area contributed by atoms with Gasteiger partial charge in [0.2, 0.25) is 5.75 Å². The van der Waals surface area contributed by atoms with E-state index in [0.717, 1.165) is 6.07 Å². The van der Waals surface area contributed by atoms with E-state index in [4.69, 9.17) is 15.6 Å². The molecule has 2 aromatic carbocycles. The van der Waals surface area contributed by atoms with Crippen LogP contribution in [-0.4, -0.2) is 21.7 Å². The molecular weight excluding hydrogens is 345 g/mol. The first-order valence-electron chi connectivity index (χ1n) is 6.86. The van der Waals surface area contributed by atoms with Crippen LogP contribution in [0.25, 0.3) is 0 Å². The van der Waals surface area contributed by atoms with Crippen LogP contribution in [0.15, 0.2) is 36.4 Å². The zero-order valence-electron chi connectivity index (χ0n) is 12.5. The summed E-state index contributed by atoms with van der Waals surface area (Å²) in [6.07, 6.45) is -4.74. The van der Waals surface area contributed by atoms with Crippen LogP contribution >= 0.6 is 0 Å². The van der Waals surface area contributed by atoms with Crippen LogP contribution in [0.4, 0.5) is 18.9 Å². The summed E-state index contributed by atoms with van der Waals surface area (Å²) in [5.74, 6) is -1.11. The lowest BCUT2D eigenvalue weighted by Gasteiger charge is -2.13. The number of hydrogen-bond acceptors (Lipinski definition) is 6. The molecule has 0 aliphatic heterocycles. The highest BCUT2D eigenvalue weighted by Crippen LogP contribution is 2.40. The molecule has 0 saturated heterocycles. The Balaban J connectivity index is 2.38. The molecule has 2 rings (SSSR count). The van der Waals surface area contributed by atoms with Crippen molar-refractivity contribution in [2.24, 2.45) is 5.73 Å². The number of aromatic hydroxyl groups is 1. The van der Waals surface area contributed by atoms with Gasteiger partial charge in [0.25, 0.3) is 0 Å². The number of phenols is 1. The summed E-state index contributed by atoms with van der Waals surface area (Å²) in [6.45, 7) is -0.371. The van der Waals surface area contributed by atoms with Gasteiger partial charge in [-0.05, 0) is 29.8 Å². The van der Waals surface area contributed by atoms with Gasteiger partial charge in [-0.1, -0.05) is 6.07 Å². The molecule has 25 heavy (non-hydrogen) atoms. The Bertz CT molecular complexity index is 795. The van der Waals surface area contributed by atoms with Gasteiger partial charge in [0.05, 0.1) is 23.1 Å². The first-order valence-corrected chi connectivity index (χ1v) is 6.86. The number of nitrogens with two attached hydrogens (primary N) is 1. The van der Waals surface area contributed by atoms with E-state index < -0.39 is 39.9 Å². The lowest BCUT2D eigenvalue weighted by molar-refractivity contribution is -0.385. The van der Waals surface area contributed by atoms with Gasteiger partial charge < -0.3 is 20.7 Å². The normalized spacial score (nSPS) is 12.7. The van der Waals surface area contributed by atoms with Gasteiger partial charge in [-0.3, -0.25) is 10.1 Å². The van der Waals surface area contributed by atoms with Gasteiger partial charge in [-0.25, -0.2) is 0 Å². The monoisotopic (exact) mass is 358 g/mol. The molecule has 0 heterocycles. The molecule has 0 saturated carbocycles. The summed E-state index contributed by atoms with van der Waals surface area (Å²) in [4.78, 5) is 9.99. The van der Waals surface area contributed by atoms with Crippen LogP contribution in [0.5, 0.6) is 17.2 Å². The number of hydrogen-bond donors (Lipinski definition) is 3. The van der Waals surface area contributed by atoms with E-state index >= 15 is 0 Å². The zero-order valence-corrected chi connectivity index (χ0v) is 12.5. The van der Waals surface area contributed by atoms with E-state index in [1.54, 1.807) is 0 Å².